The van der Waals surface area contributed by atoms with E-state index >= 15 is 0 Å². The fourth-order valence-electron chi connectivity index (χ4n) is 4.84. The molecule has 3 aromatic rings. The van der Waals surface area contributed by atoms with Crippen LogP contribution in [0.25, 0.3) is 0 Å². The summed E-state index contributed by atoms with van der Waals surface area (Å²) >= 11 is 1.53. The molecule has 0 radical (unpaired) electrons. The number of fused-ring (bicyclic) bond motifs is 1. The van der Waals surface area contributed by atoms with Crippen molar-refractivity contribution in [1.29, 1.82) is 5.26 Å². The maximum absolute atomic E-state index is 9.98. The number of nitrogens with zero attached hydrogens (tertiary/aromatic N) is 3. The van der Waals surface area contributed by atoms with E-state index in [2.05, 4.69) is 29.6 Å². The summed E-state index contributed by atoms with van der Waals surface area (Å²) in [7, 11) is 3.27. The third-order valence-electron chi connectivity index (χ3n) is 6.63. The minimum Gasteiger partial charge on any atom is -0.493 e. The van der Waals surface area contributed by atoms with E-state index in [1.807, 2.05) is 65.9 Å². The Morgan fingerprint density at radius 1 is 0.944 bits per heavy atom. The highest BCUT2D eigenvalue weighted by atomic mass is 32.2. The van der Waals surface area contributed by atoms with Gasteiger partial charge < -0.3 is 14.2 Å². The molecule has 0 bridgehead atoms. The average molecular weight is 501 g/mol. The SMILES string of the molecule is COc1ccc(C2CC(c3ccc(Oc4ccccc4)cc3)NC3C(C#N)C(SC)=NN23)cc1OC. The van der Waals surface area contributed by atoms with Gasteiger partial charge >= 0.3 is 0 Å². The van der Waals surface area contributed by atoms with Crippen molar-refractivity contribution in [2.24, 2.45) is 11.0 Å². The molecule has 0 spiro atoms. The van der Waals surface area contributed by atoms with Crippen molar-refractivity contribution >= 4 is 16.8 Å². The maximum atomic E-state index is 9.98. The first-order valence-electron chi connectivity index (χ1n) is 11.8. The number of hydrazone groups is 1. The second-order valence-corrected chi connectivity index (χ2v) is 9.47. The molecule has 1 N–H and O–H groups in total. The molecule has 5 rings (SSSR count). The van der Waals surface area contributed by atoms with E-state index in [4.69, 9.17) is 19.3 Å². The molecule has 3 aromatic carbocycles. The lowest BCUT2D eigenvalue weighted by atomic mass is 9.89. The molecule has 184 valence electrons. The van der Waals surface area contributed by atoms with E-state index in [-0.39, 0.29) is 24.2 Å². The Balaban J connectivity index is 1.45. The van der Waals surface area contributed by atoms with Crippen LogP contribution in [0.2, 0.25) is 0 Å². The summed E-state index contributed by atoms with van der Waals surface area (Å²) in [6.45, 7) is 0. The highest BCUT2D eigenvalue weighted by Gasteiger charge is 2.46. The van der Waals surface area contributed by atoms with E-state index < -0.39 is 0 Å². The topological polar surface area (TPSA) is 79.1 Å². The third-order valence-corrected chi connectivity index (χ3v) is 7.39. The number of ether oxygens (including phenoxy) is 3. The molecule has 0 amide bonds. The quantitative estimate of drug-likeness (QED) is 0.463. The van der Waals surface area contributed by atoms with Crippen LogP contribution in [-0.4, -0.2) is 36.7 Å². The van der Waals surface area contributed by atoms with Crippen LogP contribution in [0.4, 0.5) is 0 Å². The summed E-state index contributed by atoms with van der Waals surface area (Å²) in [6, 6.07) is 26.3. The van der Waals surface area contributed by atoms with Gasteiger partial charge in [-0.3, -0.25) is 10.3 Å². The fraction of sp³-hybridized carbons (Fsp3) is 0.286. The van der Waals surface area contributed by atoms with Crippen molar-refractivity contribution < 1.29 is 14.2 Å². The number of hydrogen-bond acceptors (Lipinski definition) is 8. The average Bonchev–Trinajstić information content (AvgIpc) is 3.30. The molecule has 7 nitrogen and oxygen atoms in total. The van der Waals surface area contributed by atoms with Gasteiger partial charge in [-0.25, -0.2) is 0 Å². The number of para-hydroxylation sites is 1. The van der Waals surface area contributed by atoms with Gasteiger partial charge in [-0.2, -0.15) is 10.4 Å². The molecule has 8 heteroatoms. The van der Waals surface area contributed by atoms with Gasteiger partial charge in [0.1, 0.15) is 28.6 Å². The van der Waals surface area contributed by atoms with Crippen LogP contribution in [0.15, 0.2) is 77.9 Å². The Labute approximate surface area is 215 Å². The van der Waals surface area contributed by atoms with E-state index in [0.717, 1.165) is 34.1 Å². The Morgan fingerprint density at radius 3 is 2.31 bits per heavy atom. The zero-order valence-corrected chi connectivity index (χ0v) is 21.2. The van der Waals surface area contributed by atoms with Gasteiger partial charge in [0.2, 0.25) is 0 Å². The van der Waals surface area contributed by atoms with Crippen LogP contribution < -0.4 is 19.5 Å². The van der Waals surface area contributed by atoms with E-state index in [9.17, 15) is 5.26 Å². The van der Waals surface area contributed by atoms with Crippen LogP contribution in [-0.2, 0) is 0 Å². The number of methoxy groups -OCH3 is 2. The first-order valence-corrected chi connectivity index (χ1v) is 13.0. The molecule has 0 saturated carbocycles. The molecular formula is C28H28N4O3S. The zero-order valence-electron chi connectivity index (χ0n) is 20.4. The summed E-state index contributed by atoms with van der Waals surface area (Å²) in [4.78, 5) is 0. The minimum atomic E-state index is -0.342. The van der Waals surface area contributed by atoms with Gasteiger partial charge in [-0.05, 0) is 60.2 Å². The molecule has 2 aliphatic rings. The number of rotatable bonds is 6. The normalized spacial score (nSPS) is 22.8. The summed E-state index contributed by atoms with van der Waals surface area (Å²) in [5, 5.41) is 21.4. The van der Waals surface area contributed by atoms with E-state index in [1.165, 1.54) is 11.8 Å². The summed E-state index contributed by atoms with van der Waals surface area (Å²) in [5.41, 5.74) is 2.20. The highest BCUT2D eigenvalue weighted by molar-refractivity contribution is 8.13. The van der Waals surface area contributed by atoms with Gasteiger partial charge in [0.15, 0.2) is 11.5 Å². The molecule has 0 aromatic heterocycles. The van der Waals surface area contributed by atoms with Crippen LogP contribution in [0.3, 0.4) is 0 Å². The van der Waals surface area contributed by atoms with Crippen molar-refractivity contribution in [1.82, 2.24) is 10.3 Å². The van der Waals surface area contributed by atoms with Crippen LogP contribution in [0.5, 0.6) is 23.0 Å². The lowest BCUT2D eigenvalue weighted by Gasteiger charge is -2.43. The zero-order chi connectivity index (χ0) is 25.1. The van der Waals surface area contributed by atoms with Gasteiger partial charge in [-0.15, -0.1) is 11.8 Å². The molecule has 1 fully saturated rings. The molecule has 0 aliphatic carbocycles. The minimum absolute atomic E-state index is 0.0300. The van der Waals surface area contributed by atoms with Gasteiger partial charge in [-0.1, -0.05) is 36.4 Å². The molecular weight excluding hydrogens is 472 g/mol. The molecule has 2 heterocycles. The van der Waals surface area contributed by atoms with Crippen molar-refractivity contribution in [3.63, 3.8) is 0 Å². The van der Waals surface area contributed by atoms with Crippen LogP contribution in [0, 0.1) is 17.2 Å². The predicted octanol–water partition coefficient (Wildman–Crippen LogP) is 5.73. The number of nitrogens with one attached hydrogen (secondary N) is 1. The standard InChI is InChI=1S/C28H28N4O3S/c1-33-25-14-11-19(15-26(25)34-2)24-16-23(30-27-22(17-29)28(36-3)31-32(24)27)18-9-12-21(13-10-18)35-20-7-5-4-6-8-20/h4-15,22-24,27,30H,16H2,1-3H3. The highest BCUT2D eigenvalue weighted by Crippen LogP contribution is 2.44. The maximum Gasteiger partial charge on any atom is 0.161 e. The van der Waals surface area contributed by atoms with Crippen molar-refractivity contribution in [3.05, 3.63) is 83.9 Å². The first kappa shape index (κ1) is 24.0. The number of hydrogen-bond donors (Lipinski definition) is 1. The van der Waals surface area contributed by atoms with Crippen LogP contribution >= 0.6 is 11.8 Å². The molecule has 4 atom stereocenters. The van der Waals surface area contributed by atoms with Crippen molar-refractivity contribution in [2.75, 3.05) is 20.5 Å². The lowest BCUT2D eigenvalue weighted by Crippen LogP contribution is -2.52. The Bertz CT molecular complexity index is 1280. The summed E-state index contributed by atoms with van der Waals surface area (Å²) < 4.78 is 17.0. The summed E-state index contributed by atoms with van der Waals surface area (Å²) in [6.07, 6.45) is 2.51. The van der Waals surface area contributed by atoms with Crippen molar-refractivity contribution in [2.45, 2.75) is 24.7 Å². The van der Waals surface area contributed by atoms with Gasteiger partial charge in [0, 0.05) is 6.04 Å². The predicted molar refractivity (Wildman–Crippen MR) is 141 cm³/mol. The largest absolute Gasteiger partial charge is 0.493 e. The molecule has 36 heavy (non-hydrogen) atoms. The Kier molecular flexibility index (Phi) is 7.03. The third kappa shape index (κ3) is 4.60. The lowest BCUT2D eigenvalue weighted by molar-refractivity contribution is 0.0541. The smallest absolute Gasteiger partial charge is 0.161 e. The van der Waals surface area contributed by atoms with Gasteiger partial charge in [0.05, 0.1) is 26.3 Å². The monoisotopic (exact) mass is 500 g/mol. The second-order valence-electron chi connectivity index (χ2n) is 8.64. The van der Waals surface area contributed by atoms with E-state index in [1.54, 1.807) is 14.2 Å². The molecule has 1 saturated heterocycles. The first-order chi connectivity index (χ1) is 17.6. The van der Waals surface area contributed by atoms with Crippen molar-refractivity contribution in [3.8, 4) is 29.1 Å². The van der Waals surface area contributed by atoms with Crippen LogP contribution in [0.1, 0.15) is 29.6 Å². The number of nitriles is 1. The fourth-order valence-corrected chi connectivity index (χ4v) is 5.45. The number of thioether (sulfide) groups is 1. The van der Waals surface area contributed by atoms with Gasteiger partial charge in [0.25, 0.3) is 0 Å². The molecule has 2 aliphatic heterocycles. The Hall–Kier alpha value is -3.67. The summed E-state index contributed by atoms with van der Waals surface area (Å²) in [5.74, 6) is 2.60. The number of benzene rings is 3. The second kappa shape index (κ2) is 10.5. The Morgan fingerprint density at radius 2 is 1.64 bits per heavy atom. The molecule has 4 unspecified atom stereocenters. The van der Waals surface area contributed by atoms with E-state index in [0.29, 0.717) is 11.5 Å².